The van der Waals surface area contributed by atoms with Crippen LogP contribution in [-0.4, -0.2) is 49.7 Å². The molecule has 8 heteroatoms. The van der Waals surface area contributed by atoms with Crippen molar-refractivity contribution in [3.8, 4) is 0 Å². The number of H-pyrrole nitrogens is 1. The summed E-state index contributed by atoms with van der Waals surface area (Å²) in [6.07, 6.45) is 0.558. The fraction of sp³-hybridized carbons (Fsp3) is 0.238. The number of nitrogens with one attached hydrogen (secondary N) is 1. The van der Waals surface area contributed by atoms with Gasteiger partial charge < -0.3 is 9.72 Å². The first-order chi connectivity index (χ1) is 13.6. The number of esters is 1. The van der Waals surface area contributed by atoms with Gasteiger partial charge in [-0.2, -0.15) is 0 Å². The van der Waals surface area contributed by atoms with Gasteiger partial charge in [-0.25, -0.2) is 17.5 Å². The number of benzene rings is 2. The minimum atomic E-state index is -3.70. The Balaban J connectivity index is 1.85. The first kappa shape index (κ1) is 20.8. The average molecular weight is 414 g/mol. The number of para-hydroxylation sites is 1. The highest BCUT2D eigenvalue weighted by Crippen LogP contribution is 2.22. The SMILES string of the molecule is Cc1ccc(S(=O)(=O)N(C)C)cc1C(=O)O[C@H](C)C(=O)c1c[nH]c2ccccc12. The van der Waals surface area contributed by atoms with Gasteiger partial charge in [-0.3, -0.25) is 4.79 Å². The van der Waals surface area contributed by atoms with Crippen molar-refractivity contribution in [2.24, 2.45) is 0 Å². The van der Waals surface area contributed by atoms with Crippen molar-refractivity contribution in [3.05, 3.63) is 65.4 Å². The molecule has 0 saturated carbocycles. The number of aromatic nitrogens is 1. The predicted molar refractivity (Wildman–Crippen MR) is 110 cm³/mol. The molecule has 0 radical (unpaired) electrons. The maximum atomic E-state index is 12.8. The minimum absolute atomic E-state index is 0.0179. The van der Waals surface area contributed by atoms with Crippen molar-refractivity contribution in [1.29, 1.82) is 0 Å². The van der Waals surface area contributed by atoms with E-state index in [0.717, 1.165) is 15.2 Å². The molecule has 0 aliphatic carbocycles. The number of sulfonamides is 1. The first-order valence-corrected chi connectivity index (χ1v) is 10.4. The summed E-state index contributed by atoms with van der Waals surface area (Å²) in [6, 6.07) is 11.6. The summed E-state index contributed by atoms with van der Waals surface area (Å²) in [6.45, 7) is 3.17. The highest BCUT2D eigenvalue weighted by atomic mass is 32.2. The third-order valence-corrected chi connectivity index (χ3v) is 6.53. The summed E-state index contributed by atoms with van der Waals surface area (Å²) < 4.78 is 31.1. The number of Topliss-reactive ketones (excluding diaryl/α,β-unsaturated/α-hetero) is 1. The molecule has 3 aromatic rings. The molecule has 152 valence electrons. The summed E-state index contributed by atoms with van der Waals surface area (Å²) in [5.41, 5.74) is 1.90. The van der Waals surface area contributed by atoms with E-state index in [4.69, 9.17) is 4.74 Å². The number of ketones is 1. The quantitative estimate of drug-likeness (QED) is 0.494. The van der Waals surface area contributed by atoms with Gasteiger partial charge >= 0.3 is 5.97 Å². The van der Waals surface area contributed by atoms with E-state index < -0.39 is 22.1 Å². The van der Waals surface area contributed by atoms with Crippen LogP contribution < -0.4 is 0 Å². The largest absolute Gasteiger partial charge is 0.451 e. The molecular weight excluding hydrogens is 392 g/mol. The smallest absolute Gasteiger partial charge is 0.339 e. The number of aromatic amines is 1. The van der Waals surface area contributed by atoms with E-state index in [2.05, 4.69) is 4.98 Å². The van der Waals surface area contributed by atoms with E-state index in [-0.39, 0.29) is 16.2 Å². The molecule has 0 fully saturated rings. The molecule has 0 saturated heterocycles. The lowest BCUT2D eigenvalue weighted by Gasteiger charge is -2.15. The maximum Gasteiger partial charge on any atom is 0.339 e. The Morgan fingerprint density at radius 3 is 2.45 bits per heavy atom. The average Bonchev–Trinajstić information content (AvgIpc) is 3.11. The van der Waals surface area contributed by atoms with Crippen molar-refractivity contribution in [2.45, 2.75) is 24.8 Å². The van der Waals surface area contributed by atoms with Crippen LogP contribution >= 0.6 is 0 Å². The summed E-state index contributed by atoms with van der Waals surface area (Å²) in [5.74, 6) is -1.09. The summed E-state index contributed by atoms with van der Waals surface area (Å²) in [7, 11) is -0.876. The lowest BCUT2D eigenvalue weighted by Crippen LogP contribution is -2.25. The van der Waals surface area contributed by atoms with Gasteiger partial charge in [0.1, 0.15) is 0 Å². The molecule has 3 rings (SSSR count). The number of aryl methyl sites for hydroxylation is 1. The number of rotatable bonds is 6. The lowest BCUT2D eigenvalue weighted by molar-refractivity contribution is 0.0318. The van der Waals surface area contributed by atoms with Crippen molar-refractivity contribution in [3.63, 3.8) is 0 Å². The monoisotopic (exact) mass is 414 g/mol. The maximum absolute atomic E-state index is 12.8. The van der Waals surface area contributed by atoms with Crippen LogP contribution in [0.2, 0.25) is 0 Å². The second-order valence-corrected chi connectivity index (χ2v) is 9.08. The van der Waals surface area contributed by atoms with E-state index in [9.17, 15) is 18.0 Å². The summed E-state index contributed by atoms with van der Waals surface area (Å²) in [5, 5.41) is 0.746. The summed E-state index contributed by atoms with van der Waals surface area (Å²) in [4.78, 5) is 28.5. The van der Waals surface area contributed by atoms with Crippen LogP contribution in [0.1, 0.15) is 33.2 Å². The van der Waals surface area contributed by atoms with Crippen LogP contribution in [0.15, 0.2) is 53.6 Å². The molecule has 0 unspecified atom stereocenters. The topological polar surface area (TPSA) is 96.5 Å². The Morgan fingerprint density at radius 1 is 1.07 bits per heavy atom. The van der Waals surface area contributed by atoms with Gasteiger partial charge in [0.2, 0.25) is 15.8 Å². The fourth-order valence-electron chi connectivity index (χ4n) is 2.96. The molecule has 2 aromatic carbocycles. The van der Waals surface area contributed by atoms with Crippen LogP contribution in [0.5, 0.6) is 0 Å². The van der Waals surface area contributed by atoms with Crippen LogP contribution in [0.3, 0.4) is 0 Å². The Bertz CT molecular complexity index is 1190. The summed E-state index contributed by atoms with van der Waals surface area (Å²) >= 11 is 0. The van der Waals surface area contributed by atoms with E-state index in [1.807, 2.05) is 24.3 Å². The van der Waals surface area contributed by atoms with Gasteiger partial charge in [-0.15, -0.1) is 0 Å². The van der Waals surface area contributed by atoms with Gasteiger partial charge in [0.05, 0.1) is 10.5 Å². The molecule has 29 heavy (non-hydrogen) atoms. The van der Waals surface area contributed by atoms with E-state index >= 15 is 0 Å². The van der Waals surface area contributed by atoms with E-state index in [1.165, 1.54) is 33.2 Å². The molecule has 0 bridgehead atoms. The van der Waals surface area contributed by atoms with Crippen molar-refractivity contribution >= 4 is 32.7 Å². The standard InChI is InChI=1S/C21H22N2O5S/c1-13-9-10-15(29(26,27)23(3)4)11-17(13)21(25)28-14(2)20(24)18-12-22-19-8-6-5-7-16(18)19/h5-12,14,22H,1-4H3/t14-/m1/s1. The van der Waals surface area contributed by atoms with Crippen LogP contribution in [0.25, 0.3) is 10.9 Å². The number of carbonyl (C=O) groups excluding carboxylic acids is 2. The first-order valence-electron chi connectivity index (χ1n) is 8.97. The van der Waals surface area contributed by atoms with Crippen molar-refractivity contribution in [1.82, 2.24) is 9.29 Å². The van der Waals surface area contributed by atoms with Gasteiger partial charge in [0.15, 0.2) is 6.10 Å². The Kier molecular flexibility index (Phi) is 5.59. The Labute approximate surface area is 169 Å². The molecule has 0 aliphatic rings. The van der Waals surface area contributed by atoms with Gasteiger partial charge in [-0.05, 0) is 37.6 Å². The number of hydrogen-bond donors (Lipinski definition) is 1. The highest BCUT2D eigenvalue weighted by molar-refractivity contribution is 7.89. The van der Waals surface area contributed by atoms with E-state index in [1.54, 1.807) is 19.2 Å². The molecule has 0 amide bonds. The lowest BCUT2D eigenvalue weighted by atomic mass is 10.1. The molecule has 1 aromatic heterocycles. The zero-order valence-corrected chi connectivity index (χ0v) is 17.4. The number of nitrogens with zero attached hydrogens (tertiary/aromatic N) is 1. The van der Waals surface area contributed by atoms with Gasteiger partial charge in [0, 0.05) is 36.8 Å². The normalized spacial score (nSPS) is 12.9. The zero-order chi connectivity index (χ0) is 21.3. The Hall–Kier alpha value is -2.97. The molecule has 1 heterocycles. The molecule has 0 aliphatic heterocycles. The molecule has 1 atom stereocenters. The Morgan fingerprint density at radius 2 is 1.76 bits per heavy atom. The van der Waals surface area contributed by atoms with Crippen LogP contribution in [0.4, 0.5) is 0 Å². The molecular formula is C21H22N2O5S. The number of hydrogen-bond acceptors (Lipinski definition) is 5. The third kappa shape index (κ3) is 3.94. The van der Waals surface area contributed by atoms with Gasteiger partial charge in [0.25, 0.3) is 0 Å². The highest BCUT2D eigenvalue weighted by Gasteiger charge is 2.25. The molecule has 1 N–H and O–H groups in total. The molecule has 0 spiro atoms. The predicted octanol–water partition coefficient (Wildman–Crippen LogP) is 3.15. The number of fused-ring (bicyclic) bond motifs is 1. The van der Waals surface area contributed by atoms with Crippen LogP contribution in [0, 0.1) is 6.92 Å². The minimum Gasteiger partial charge on any atom is -0.451 e. The van der Waals surface area contributed by atoms with Crippen molar-refractivity contribution in [2.75, 3.05) is 14.1 Å². The number of ether oxygens (including phenoxy) is 1. The third-order valence-electron chi connectivity index (χ3n) is 4.72. The van der Waals surface area contributed by atoms with E-state index in [0.29, 0.717) is 11.1 Å². The second-order valence-electron chi connectivity index (χ2n) is 6.92. The van der Waals surface area contributed by atoms with Crippen molar-refractivity contribution < 1.29 is 22.7 Å². The van der Waals surface area contributed by atoms with Crippen LogP contribution in [-0.2, 0) is 14.8 Å². The second kappa shape index (κ2) is 7.81. The number of carbonyl (C=O) groups is 2. The molecule has 7 nitrogen and oxygen atoms in total. The zero-order valence-electron chi connectivity index (χ0n) is 16.6. The van der Waals surface area contributed by atoms with Gasteiger partial charge in [-0.1, -0.05) is 24.3 Å². The fourth-order valence-corrected chi connectivity index (χ4v) is 3.89.